The molecule has 146 valence electrons. The Bertz CT molecular complexity index is 1050. The molecular weight excluding hydrogens is 384 g/mol. The topological polar surface area (TPSA) is 102 Å². The predicted octanol–water partition coefficient (Wildman–Crippen LogP) is 2.02. The van der Waals surface area contributed by atoms with Gasteiger partial charge in [0.1, 0.15) is 13.2 Å². The van der Waals surface area contributed by atoms with E-state index < -0.39 is 21.8 Å². The Morgan fingerprint density at radius 3 is 2.39 bits per heavy atom. The summed E-state index contributed by atoms with van der Waals surface area (Å²) in [5, 5.41) is 2.76. The van der Waals surface area contributed by atoms with Gasteiger partial charge in [-0.05, 0) is 36.4 Å². The highest BCUT2D eigenvalue weighted by Crippen LogP contribution is 2.33. The van der Waals surface area contributed by atoms with Gasteiger partial charge in [0.05, 0.1) is 17.4 Å². The number of rotatable bonds is 3. The van der Waals surface area contributed by atoms with Gasteiger partial charge in [-0.15, -0.1) is 0 Å². The van der Waals surface area contributed by atoms with Crippen molar-refractivity contribution in [2.24, 2.45) is 5.92 Å². The van der Waals surface area contributed by atoms with E-state index in [1.807, 2.05) is 0 Å². The van der Waals surface area contributed by atoms with Crippen LogP contribution < -0.4 is 19.1 Å². The molecule has 1 atom stereocenters. The summed E-state index contributed by atoms with van der Waals surface area (Å²) < 4.78 is 36.1. The number of nitrogens with one attached hydrogen (secondary N) is 1. The predicted molar refractivity (Wildman–Crippen MR) is 102 cm³/mol. The first-order valence-electron chi connectivity index (χ1n) is 8.73. The number of anilines is 2. The SMILES string of the molecule is C[C@H]1CS(=O)(=O)N(c2ccc(C(=O)Nc3ccc4c(c3)OCCO4)cc2)C1=O. The number of hydrogen-bond acceptors (Lipinski definition) is 6. The van der Waals surface area contributed by atoms with Gasteiger partial charge < -0.3 is 14.8 Å². The number of carbonyl (C=O) groups is 2. The number of sulfonamides is 1. The molecule has 1 fully saturated rings. The third-order valence-electron chi connectivity index (χ3n) is 4.52. The van der Waals surface area contributed by atoms with Crippen molar-refractivity contribution in [2.45, 2.75) is 6.92 Å². The molecule has 8 nitrogen and oxygen atoms in total. The molecule has 4 rings (SSSR count). The van der Waals surface area contributed by atoms with Crippen LogP contribution in [-0.2, 0) is 14.8 Å². The van der Waals surface area contributed by atoms with Crippen LogP contribution >= 0.6 is 0 Å². The van der Waals surface area contributed by atoms with Crippen LogP contribution in [0.5, 0.6) is 11.5 Å². The highest BCUT2D eigenvalue weighted by atomic mass is 32.2. The molecule has 0 unspecified atom stereocenters. The van der Waals surface area contributed by atoms with E-state index in [4.69, 9.17) is 9.47 Å². The van der Waals surface area contributed by atoms with E-state index in [9.17, 15) is 18.0 Å². The van der Waals surface area contributed by atoms with Crippen LogP contribution in [0.3, 0.4) is 0 Å². The fourth-order valence-electron chi connectivity index (χ4n) is 3.16. The van der Waals surface area contributed by atoms with Crippen molar-refractivity contribution in [3.63, 3.8) is 0 Å². The Morgan fingerprint density at radius 2 is 1.75 bits per heavy atom. The van der Waals surface area contributed by atoms with E-state index in [0.717, 1.165) is 4.31 Å². The molecular formula is C19H18N2O6S. The van der Waals surface area contributed by atoms with E-state index in [-0.39, 0.29) is 17.3 Å². The fraction of sp³-hybridized carbons (Fsp3) is 0.263. The van der Waals surface area contributed by atoms with Crippen LogP contribution in [0, 0.1) is 5.92 Å². The molecule has 9 heteroatoms. The lowest BCUT2D eigenvalue weighted by Gasteiger charge is -2.19. The molecule has 0 saturated carbocycles. The van der Waals surface area contributed by atoms with Crippen molar-refractivity contribution in [3.05, 3.63) is 48.0 Å². The Morgan fingerprint density at radius 1 is 1.07 bits per heavy atom. The number of hydrogen-bond donors (Lipinski definition) is 1. The quantitative estimate of drug-likeness (QED) is 0.843. The van der Waals surface area contributed by atoms with Gasteiger partial charge >= 0.3 is 0 Å². The lowest BCUT2D eigenvalue weighted by Crippen LogP contribution is -2.30. The molecule has 0 aromatic heterocycles. The lowest BCUT2D eigenvalue weighted by molar-refractivity contribution is -0.119. The summed E-state index contributed by atoms with van der Waals surface area (Å²) in [4.78, 5) is 24.6. The van der Waals surface area contributed by atoms with E-state index >= 15 is 0 Å². The van der Waals surface area contributed by atoms with Gasteiger partial charge in [0.25, 0.3) is 5.91 Å². The number of fused-ring (bicyclic) bond motifs is 1. The number of amides is 2. The van der Waals surface area contributed by atoms with E-state index in [1.165, 1.54) is 24.3 Å². The van der Waals surface area contributed by atoms with Crippen LogP contribution in [0.2, 0.25) is 0 Å². The summed E-state index contributed by atoms with van der Waals surface area (Å²) in [6, 6.07) is 11.0. The molecule has 0 bridgehead atoms. The van der Waals surface area contributed by atoms with E-state index in [1.54, 1.807) is 25.1 Å². The smallest absolute Gasteiger partial charge is 0.255 e. The summed E-state index contributed by atoms with van der Waals surface area (Å²) in [7, 11) is -3.67. The highest BCUT2D eigenvalue weighted by molar-refractivity contribution is 7.94. The summed E-state index contributed by atoms with van der Waals surface area (Å²) in [5.74, 6) is -0.437. The molecule has 1 saturated heterocycles. The Kier molecular flexibility index (Phi) is 4.46. The zero-order chi connectivity index (χ0) is 19.9. The fourth-order valence-corrected chi connectivity index (χ4v) is 4.98. The van der Waals surface area contributed by atoms with Crippen LogP contribution in [0.1, 0.15) is 17.3 Å². The van der Waals surface area contributed by atoms with Crippen LogP contribution in [0.4, 0.5) is 11.4 Å². The standard InChI is InChI=1S/C19H18N2O6S/c1-12-11-28(24,25)21(19(12)23)15-5-2-13(3-6-15)18(22)20-14-4-7-16-17(10-14)27-9-8-26-16/h2-7,10,12H,8-9,11H2,1H3,(H,20,22)/t12-/m0/s1. The minimum atomic E-state index is -3.67. The summed E-state index contributed by atoms with van der Waals surface area (Å²) >= 11 is 0. The van der Waals surface area contributed by atoms with E-state index in [0.29, 0.717) is 36.0 Å². The van der Waals surface area contributed by atoms with Crippen molar-refractivity contribution in [1.82, 2.24) is 0 Å². The number of carbonyl (C=O) groups excluding carboxylic acids is 2. The van der Waals surface area contributed by atoms with Gasteiger partial charge in [-0.3, -0.25) is 9.59 Å². The zero-order valence-electron chi connectivity index (χ0n) is 15.0. The normalized spacial score (nSPS) is 20.1. The van der Waals surface area contributed by atoms with Crippen molar-refractivity contribution >= 4 is 33.2 Å². The van der Waals surface area contributed by atoms with Crippen LogP contribution in [0.25, 0.3) is 0 Å². The summed E-state index contributed by atoms with van der Waals surface area (Å²) in [6.45, 7) is 2.51. The first kappa shape index (κ1) is 18.3. The molecule has 2 aliphatic heterocycles. The second-order valence-electron chi connectivity index (χ2n) is 6.64. The lowest BCUT2D eigenvalue weighted by atomic mass is 10.1. The monoisotopic (exact) mass is 402 g/mol. The molecule has 2 aromatic rings. The Hall–Kier alpha value is -3.07. The number of benzene rings is 2. The summed E-state index contributed by atoms with van der Waals surface area (Å²) in [6.07, 6.45) is 0. The average Bonchev–Trinajstić information content (AvgIpc) is 2.88. The molecule has 0 spiro atoms. The number of nitrogens with zero attached hydrogens (tertiary/aromatic N) is 1. The molecule has 2 aromatic carbocycles. The van der Waals surface area contributed by atoms with Gasteiger partial charge in [-0.25, -0.2) is 12.7 Å². The maximum Gasteiger partial charge on any atom is 0.255 e. The van der Waals surface area contributed by atoms with Crippen molar-refractivity contribution < 1.29 is 27.5 Å². The highest BCUT2D eigenvalue weighted by Gasteiger charge is 2.41. The maximum atomic E-state index is 12.5. The molecule has 28 heavy (non-hydrogen) atoms. The average molecular weight is 402 g/mol. The molecule has 2 aliphatic rings. The van der Waals surface area contributed by atoms with Gasteiger partial charge in [-0.2, -0.15) is 0 Å². The zero-order valence-corrected chi connectivity index (χ0v) is 15.9. The second kappa shape index (κ2) is 6.83. The number of ether oxygens (including phenoxy) is 2. The van der Waals surface area contributed by atoms with Crippen LogP contribution in [-0.4, -0.2) is 39.2 Å². The third kappa shape index (κ3) is 3.29. The Labute approximate surface area is 162 Å². The van der Waals surface area contributed by atoms with Gasteiger partial charge in [0.15, 0.2) is 11.5 Å². The van der Waals surface area contributed by atoms with Crippen molar-refractivity contribution in [1.29, 1.82) is 0 Å². The third-order valence-corrected chi connectivity index (χ3v) is 6.39. The van der Waals surface area contributed by atoms with Crippen molar-refractivity contribution in [2.75, 3.05) is 28.6 Å². The molecule has 0 aliphatic carbocycles. The maximum absolute atomic E-state index is 12.5. The molecule has 0 radical (unpaired) electrons. The Balaban J connectivity index is 1.51. The van der Waals surface area contributed by atoms with Gasteiger partial charge in [0.2, 0.25) is 15.9 Å². The van der Waals surface area contributed by atoms with Crippen molar-refractivity contribution in [3.8, 4) is 11.5 Å². The van der Waals surface area contributed by atoms with Gasteiger partial charge in [0, 0.05) is 17.3 Å². The van der Waals surface area contributed by atoms with Crippen LogP contribution in [0.15, 0.2) is 42.5 Å². The minimum absolute atomic E-state index is 0.210. The first-order chi connectivity index (χ1) is 13.3. The molecule has 1 N–H and O–H groups in total. The second-order valence-corrected chi connectivity index (χ2v) is 8.50. The first-order valence-corrected chi connectivity index (χ1v) is 10.3. The molecule has 2 heterocycles. The summed E-state index contributed by atoms with van der Waals surface area (Å²) in [5.41, 5.74) is 1.10. The largest absolute Gasteiger partial charge is 0.486 e. The van der Waals surface area contributed by atoms with E-state index in [2.05, 4.69) is 5.32 Å². The molecule has 2 amide bonds. The minimum Gasteiger partial charge on any atom is -0.486 e. The van der Waals surface area contributed by atoms with Gasteiger partial charge in [-0.1, -0.05) is 6.92 Å².